The van der Waals surface area contributed by atoms with Crippen LogP contribution in [0.1, 0.15) is 25.7 Å². The van der Waals surface area contributed by atoms with Crippen LogP contribution >= 0.6 is 12.4 Å². The van der Waals surface area contributed by atoms with Crippen LogP contribution in [0.25, 0.3) is 0 Å². The molecule has 2 fully saturated rings. The normalized spacial score (nSPS) is 27.6. The molecular weight excluding hydrogens is 210 g/mol. The zero-order valence-corrected chi connectivity index (χ0v) is 10.5. The fourth-order valence-electron chi connectivity index (χ4n) is 2.64. The van der Waals surface area contributed by atoms with Crippen molar-refractivity contribution in [3.05, 3.63) is 0 Å². The second-order valence-corrected chi connectivity index (χ2v) is 4.91. The van der Waals surface area contributed by atoms with Crippen LogP contribution in [0.5, 0.6) is 0 Å². The minimum atomic E-state index is 0. The van der Waals surface area contributed by atoms with E-state index in [1.807, 2.05) is 0 Å². The molecule has 2 N–H and O–H groups in total. The number of nitrogens with two attached hydrogens (primary N) is 1. The van der Waals surface area contributed by atoms with Gasteiger partial charge in [-0.3, -0.25) is 0 Å². The second-order valence-electron chi connectivity index (χ2n) is 4.91. The van der Waals surface area contributed by atoms with Gasteiger partial charge in [-0.15, -0.1) is 12.4 Å². The highest BCUT2D eigenvalue weighted by molar-refractivity contribution is 5.85. The van der Waals surface area contributed by atoms with E-state index in [0.717, 1.165) is 6.04 Å². The molecule has 0 amide bonds. The smallest absolute Gasteiger partial charge is 0.0120 e. The van der Waals surface area contributed by atoms with Gasteiger partial charge in [0.15, 0.2) is 0 Å². The molecule has 2 rings (SSSR count). The van der Waals surface area contributed by atoms with E-state index in [2.05, 4.69) is 16.8 Å². The number of rotatable bonds is 1. The summed E-state index contributed by atoms with van der Waals surface area (Å²) in [5.74, 6) is 0. The molecule has 3 nitrogen and oxygen atoms in total. The van der Waals surface area contributed by atoms with Gasteiger partial charge in [0.2, 0.25) is 0 Å². The first-order valence-corrected chi connectivity index (χ1v) is 5.94. The maximum atomic E-state index is 5.91. The number of piperidine rings is 2. The van der Waals surface area contributed by atoms with E-state index in [0.29, 0.717) is 6.04 Å². The van der Waals surface area contributed by atoms with E-state index >= 15 is 0 Å². The molecule has 2 heterocycles. The number of nitrogens with zero attached hydrogens (tertiary/aromatic N) is 2. The first kappa shape index (κ1) is 13.2. The Morgan fingerprint density at radius 1 is 0.933 bits per heavy atom. The van der Waals surface area contributed by atoms with E-state index in [1.54, 1.807) is 0 Å². The van der Waals surface area contributed by atoms with Gasteiger partial charge in [-0.1, -0.05) is 0 Å². The summed E-state index contributed by atoms with van der Waals surface area (Å²) in [5, 5.41) is 0. The molecule has 0 atom stereocenters. The van der Waals surface area contributed by atoms with Crippen molar-refractivity contribution >= 4 is 12.4 Å². The van der Waals surface area contributed by atoms with Gasteiger partial charge in [0, 0.05) is 12.1 Å². The van der Waals surface area contributed by atoms with Crippen LogP contribution in [0.15, 0.2) is 0 Å². The van der Waals surface area contributed by atoms with Crippen LogP contribution in [-0.4, -0.2) is 55.1 Å². The van der Waals surface area contributed by atoms with Crippen LogP contribution in [-0.2, 0) is 0 Å². The zero-order chi connectivity index (χ0) is 9.97. The average Bonchev–Trinajstić information content (AvgIpc) is 2.21. The van der Waals surface area contributed by atoms with Gasteiger partial charge in [-0.2, -0.15) is 0 Å². The van der Waals surface area contributed by atoms with Crippen LogP contribution in [0.4, 0.5) is 0 Å². The van der Waals surface area contributed by atoms with Crippen LogP contribution in [0, 0.1) is 0 Å². The van der Waals surface area contributed by atoms with Gasteiger partial charge in [0.05, 0.1) is 0 Å². The number of hydrogen-bond donors (Lipinski definition) is 1. The fourth-order valence-corrected chi connectivity index (χ4v) is 2.64. The summed E-state index contributed by atoms with van der Waals surface area (Å²) in [6, 6.07) is 1.32. The van der Waals surface area contributed by atoms with Gasteiger partial charge in [0.25, 0.3) is 0 Å². The Kier molecular flexibility index (Phi) is 5.33. The number of halogens is 1. The van der Waals surface area contributed by atoms with Gasteiger partial charge >= 0.3 is 0 Å². The van der Waals surface area contributed by atoms with Crippen LogP contribution in [0.3, 0.4) is 0 Å². The molecule has 0 aliphatic carbocycles. The highest BCUT2D eigenvalue weighted by atomic mass is 35.5. The third kappa shape index (κ3) is 3.59. The van der Waals surface area contributed by atoms with Crippen molar-refractivity contribution in [2.45, 2.75) is 37.8 Å². The molecule has 2 aliphatic rings. The predicted molar refractivity (Wildman–Crippen MR) is 66.5 cm³/mol. The summed E-state index contributed by atoms with van der Waals surface area (Å²) in [5.41, 5.74) is 5.91. The zero-order valence-electron chi connectivity index (χ0n) is 9.69. The van der Waals surface area contributed by atoms with E-state index in [1.165, 1.54) is 51.9 Å². The lowest BCUT2D eigenvalue weighted by Gasteiger charge is -2.40. The molecule has 2 aliphatic heterocycles. The van der Waals surface area contributed by atoms with Crippen molar-refractivity contribution in [2.75, 3.05) is 33.2 Å². The first-order valence-electron chi connectivity index (χ1n) is 5.94. The number of likely N-dealkylation sites (tertiary alicyclic amines) is 2. The molecule has 0 aromatic carbocycles. The molecule has 15 heavy (non-hydrogen) atoms. The summed E-state index contributed by atoms with van der Waals surface area (Å²) < 4.78 is 0. The molecule has 90 valence electrons. The molecule has 4 heteroatoms. The molecular formula is C11H24ClN3. The van der Waals surface area contributed by atoms with E-state index in [-0.39, 0.29) is 12.4 Å². The topological polar surface area (TPSA) is 32.5 Å². The first-order chi connectivity index (χ1) is 6.75. The largest absolute Gasteiger partial charge is 0.328 e. The van der Waals surface area contributed by atoms with E-state index < -0.39 is 0 Å². The summed E-state index contributed by atoms with van der Waals surface area (Å²) in [4.78, 5) is 5.10. The SMILES string of the molecule is CN1CCC(N2CCC(N)CC2)CC1.Cl. The highest BCUT2D eigenvalue weighted by Crippen LogP contribution is 2.19. The van der Waals surface area contributed by atoms with Gasteiger partial charge in [-0.25, -0.2) is 0 Å². The molecule has 0 unspecified atom stereocenters. The Bertz CT molecular complexity index is 153. The Hall–Kier alpha value is 0.170. The van der Waals surface area contributed by atoms with Gasteiger partial charge in [0.1, 0.15) is 0 Å². The quantitative estimate of drug-likeness (QED) is 0.732. The number of hydrogen-bond acceptors (Lipinski definition) is 3. The summed E-state index contributed by atoms with van der Waals surface area (Å²) >= 11 is 0. The lowest BCUT2D eigenvalue weighted by molar-refractivity contribution is 0.0973. The second kappa shape index (κ2) is 6.04. The lowest BCUT2D eigenvalue weighted by atomic mass is 9.98. The van der Waals surface area contributed by atoms with Crippen LogP contribution < -0.4 is 5.73 Å². The standard InChI is InChI=1S/C11H23N3.ClH/c1-13-6-4-11(5-7-13)14-8-2-10(12)3-9-14;/h10-11H,2-9,12H2,1H3;1H. The summed E-state index contributed by atoms with van der Waals surface area (Å²) in [7, 11) is 2.22. The minimum absolute atomic E-state index is 0. The Labute approximate surface area is 99.4 Å². The minimum Gasteiger partial charge on any atom is -0.328 e. The van der Waals surface area contributed by atoms with Gasteiger partial charge in [-0.05, 0) is 58.9 Å². The molecule has 0 aromatic heterocycles. The molecule has 0 saturated carbocycles. The lowest BCUT2D eigenvalue weighted by Crippen LogP contribution is -2.48. The molecule has 2 saturated heterocycles. The third-order valence-corrected chi connectivity index (χ3v) is 3.78. The molecule has 0 bridgehead atoms. The van der Waals surface area contributed by atoms with E-state index in [4.69, 9.17) is 5.73 Å². The molecule has 0 radical (unpaired) electrons. The third-order valence-electron chi connectivity index (χ3n) is 3.78. The van der Waals surface area contributed by atoms with Crippen molar-refractivity contribution in [3.8, 4) is 0 Å². The fraction of sp³-hybridized carbons (Fsp3) is 1.00. The van der Waals surface area contributed by atoms with Crippen LogP contribution in [0.2, 0.25) is 0 Å². The Morgan fingerprint density at radius 3 is 2.00 bits per heavy atom. The van der Waals surface area contributed by atoms with Crippen molar-refractivity contribution in [3.63, 3.8) is 0 Å². The molecule has 0 aromatic rings. The van der Waals surface area contributed by atoms with E-state index in [9.17, 15) is 0 Å². The maximum Gasteiger partial charge on any atom is 0.0120 e. The highest BCUT2D eigenvalue weighted by Gasteiger charge is 2.25. The monoisotopic (exact) mass is 233 g/mol. The Morgan fingerprint density at radius 2 is 1.47 bits per heavy atom. The van der Waals surface area contributed by atoms with Crippen molar-refractivity contribution in [1.82, 2.24) is 9.80 Å². The predicted octanol–water partition coefficient (Wildman–Crippen LogP) is 0.925. The Balaban J connectivity index is 0.00000112. The molecule has 0 spiro atoms. The summed E-state index contributed by atoms with van der Waals surface area (Å²) in [6.45, 7) is 5.01. The van der Waals surface area contributed by atoms with Crippen molar-refractivity contribution < 1.29 is 0 Å². The summed E-state index contributed by atoms with van der Waals surface area (Å²) in [6.07, 6.45) is 5.11. The van der Waals surface area contributed by atoms with Gasteiger partial charge < -0.3 is 15.5 Å². The van der Waals surface area contributed by atoms with Crippen molar-refractivity contribution in [1.29, 1.82) is 0 Å². The van der Waals surface area contributed by atoms with Crippen molar-refractivity contribution in [2.24, 2.45) is 5.73 Å². The maximum absolute atomic E-state index is 5.91. The average molecular weight is 234 g/mol.